The van der Waals surface area contributed by atoms with E-state index in [9.17, 15) is 0 Å². The van der Waals surface area contributed by atoms with E-state index in [0.717, 1.165) is 19.1 Å². The third kappa shape index (κ3) is 2.96. The van der Waals surface area contributed by atoms with Gasteiger partial charge in [-0.1, -0.05) is 0 Å². The van der Waals surface area contributed by atoms with Gasteiger partial charge in [0.15, 0.2) is 0 Å². The van der Waals surface area contributed by atoms with E-state index >= 15 is 0 Å². The molecule has 1 aromatic rings. The van der Waals surface area contributed by atoms with Crippen LogP contribution in [0.4, 0.5) is 0 Å². The summed E-state index contributed by atoms with van der Waals surface area (Å²) >= 11 is 0. The van der Waals surface area contributed by atoms with Crippen LogP contribution in [-0.4, -0.2) is 53.0 Å². The van der Waals surface area contributed by atoms with Crippen LogP contribution in [-0.2, 0) is 0 Å². The zero-order valence-electron chi connectivity index (χ0n) is 11.7. The molecule has 2 heterocycles. The van der Waals surface area contributed by atoms with Crippen molar-refractivity contribution in [2.45, 2.75) is 37.9 Å². The number of pyridine rings is 1. The summed E-state index contributed by atoms with van der Waals surface area (Å²) in [6.07, 6.45) is 6.54. The maximum Gasteiger partial charge on any atom is 0.0498 e. The Kier molecular flexibility index (Phi) is 3.82. The number of aromatic nitrogens is 1. The van der Waals surface area contributed by atoms with Gasteiger partial charge in [0.2, 0.25) is 0 Å². The molecule has 1 aliphatic heterocycles. The van der Waals surface area contributed by atoms with Crippen molar-refractivity contribution in [3.05, 3.63) is 30.1 Å². The van der Waals surface area contributed by atoms with E-state index in [1.165, 1.54) is 31.5 Å². The minimum Gasteiger partial charge on any atom is -0.326 e. The topological polar surface area (TPSA) is 45.4 Å². The highest BCUT2D eigenvalue weighted by Gasteiger charge is 2.33. The second kappa shape index (κ2) is 5.57. The lowest BCUT2D eigenvalue weighted by Crippen LogP contribution is -2.51. The van der Waals surface area contributed by atoms with Crippen LogP contribution in [0.3, 0.4) is 0 Å². The largest absolute Gasteiger partial charge is 0.326 e. The standard InChI is InChI=1S/C15H24N4/c1-12(16)15(13-4-6-17-7-5-13)19-10-8-18(9-11-19)14-2-3-14/h4-7,12,14-15H,2-3,8-11,16H2,1H3. The van der Waals surface area contributed by atoms with E-state index < -0.39 is 0 Å². The lowest BCUT2D eigenvalue weighted by atomic mass is 9.99. The third-order valence-electron chi connectivity index (χ3n) is 4.35. The first kappa shape index (κ1) is 13.0. The summed E-state index contributed by atoms with van der Waals surface area (Å²) in [5.41, 5.74) is 7.53. The molecule has 0 radical (unpaired) electrons. The van der Waals surface area contributed by atoms with E-state index in [1.54, 1.807) is 0 Å². The van der Waals surface area contributed by atoms with Gasteiger partial charge in [-0.25, -0.2) is 0 Å². The Balaban J connectivity index is 1.68. The van der Waals surface area contributed by atoms with Crippen LogP contribution in [0.2, 0.25) is 0 Å². The van der Waals surface area contributed by atoms with Crippen molar-refractivity contribution in [2.75, 3.05) is 26.2 Å². The normalized spacial score (nSPS) is 25.2. The van der Waals surface area contributed by atoms with Gasteiger partial charge in [-0.05, 0) is 37.5 Å². The fraction of sp³-hybridized carbons (Fsp3) is 0.667. The zero-order chi connectivity index (χ0) is 13.2. The minimum atomic E-state index is 0.148. The van der Waals surface area contributed by atoms with Gasteiger partial charge < -0.3 is 5.73 Å². The number of hydrogen-bond donors (Lipinski definition) is 1. The van der Waals surface area contributed by atoms with Crippen LogP contribution >= 0.6 is 0 Å². The Hall–Kier alpha value is -0.970. The van der Waals surface area contributed by atoms with Gasteiger partial charge in [0.05, 0.1) is 0 Å². The second-order valence-electron chi connectivity index (χ2n) is 5.89. The lowest BCUT2D eigenvalue weighted by Gasteiger charge is -2.41. The minimum absolute atomic E-state index is 0.148. The third-order valence-corrected chi connectivity index (χ3v) is 4.35. The molecule has 0 aromatic carbocycles. The number of nitrogens with two attached hydrogens (primary N) is 1. The molecule has 1 aromatic heterocycles. The molecule has 3 rings (SSSR count). The average molecular weight is 260 g/mol. The quantitative estimate of drug-likeness (QED) is 0.885. The van der Waals surface area contributed by atoms with Gasteiger partial charge in [0.25, 0.3) is 0 Å². The number of nitrogens with zero attached hydrogens (tertiary/aromatic N) is 3. The molecule has 104 valence electrons. The summed E-state index contributed by atoms with van der Waals surface area (Å²) in [6, 6.07) is 5.55. The molecular weight excluding hydrogens is 236 g/mol. The van der Waals surface area contributed by atoms with Crippen molar-refractivity contribution in [3.8, 4) is 0 Å². The maximum absolute atomic E-state index is 6.23. The summed E-state index contributed by atoms with van der Waals surface area (Å²) in [5.74, 6) is 0. The van der Waals surface area contributed by atoms with Crippen molar-refractivity contribution < 1.29 is 0 Å². The predicted octanol–water partition coefficient (Wildman–Crippen LogP) is 1.25. The van der Waals surface area contributed by atoms with Crippen LogP contribution in [0, 0.1) is 0 Å². The van der Waals surface area contributed by atoms with Crippen molar-refractivity contribution >= 4 is 0 Å². The molecule has 4 nitrogen and oxygen atoms in total. The van der Waals surface area contributed by atoms with Crippen LogP contribution in [0.5, 0.6) is 0 Å². The smallest absolute Gasteiger partial charge is 0.0498 e. The molecule has 19 heavy (non-hydrogen) atoms. The SMILES string of the molecule is CC(N)C(c1ccncc1)N1CCN(C2CC2)CC1. The molecule has 1 saturated carbocycles. The van der Waals surface area contributed by atoms with Gasteiger partial charge in [0, 0.05) is 56.7 Å². The van der Waals surface area contributed by atoms with E-state index in [0.29, 0.717) is 6.04 Å². The molecule has 2 N–H and O–H groups in total. The number of rotatable bonds is 4. The highest BCUT2D eigenvalue weighted by Crippen LogP contribution is 2.30. The molecule has 1 aliphatic carbocycles. The van der Waals surface area contributed by atoms with Crippen molar-refractivity contribution in [2.24, 2.45) is 5.73 Å². The van der Waals surface area contributed by atoms with Crippen LogP contribution in [0.15, 0.2) is 24.5 Å². The highest BCUT2D eigenvalue weighted by atomic mass is 15.3. The molecule has 0 bridgehead atoms. The second-order valence-corrected chi connectivity index (χ2v) is 5.89. The van der Waals surface area contributed by atoms with Crippen molar-refractivity contribution in [1.82, 2.24) is 14.8 Å². The molecular formula is C15H24N4. The average Bonchev–Trinajstić information content (AvgIpc) is 3.25. The monoisotopic (exact) mass is 260 g/mol. The highest BCUT2D eigenvalue weighted by molar-refractivity contribution is 5.17. The molecule has 2 atom stereocenters. The predicted molar refractivity (Wildman–Crippen MR) is 76.8 cm³/mol. The number of piperazine rings is 1. The van der Waals surface area contributed by atoms with E-state index in [-0.39, 0.29) is 6.04 Å². The first-order chi connectivity index (χ1) is 9.25. The first-order valence-corrected chi connectivity index (χ1v) is 7.39. The Morgan fingerprint density at radius 1 is 1.16 bits per heavy atom. The summed E-state index contributed by atoms with van der Waals surface area (Å²) in [7, 11) is 0. The van der Waals surface area contributed by atoms with Crippen LogP contribution < -0.4 is 5.73 Å². The maximum atomic E-state index is 6.23. The van der Waals surface area contributed by atoms with Crippen LogP contribution in [0.25, 0.3) is 0 Å². The zero-order valence-corrected chi connectivity index (χ0v) is 11.7. The Bertz CT molecular complexity index is 394. The summed E-state index contributed by atoms with van der Waals surface area (Å²) < 4.78 is 0. The lowest BCUT2D eigenvalue weighted by molar-refractivity contribution is 0.0825. The molecule has 2 unspecified atom stereocenters. The van der Waals surface area contributed by atoms with E-state index in [1.807, 2.05) is 12.4 Å². The van der Waals surface area contributed by atoms with Crippen LogP contribution in [0.1, 0.15) is 31.4 Å². The first-order valence-electron chi connectivity index (χ1n) is 7.39. The summed E-state index contributed by atoms with van der Waals surface area (Å²) in [4.78, 5) is 9.29. The summed E-state index contributed by atoms with van der Waals surface area (Å²) in [6.45, 7) is 6.76. The van der Waals surface area contributed by atoms with Gasteiger partial charge in [-0.15, -0.1) is 0 Å². The molecule has 0 amide bonds. The van der Waals surface area contributed by atoms with Crippen molar-refractivity contribution in [1.29, 1.82) is 0 Å². The molecule has 1 saturated heterocycles. The Labute approximate surface area is 115 Å². The Morgan fingerprint density at radius 3 is 2.32 bits per heavy atom. The Morgan fingerprint density at radius 2 is 1.79 bits per heavy atom. The molecule has 2 aliphatic rings. The van der Waals surface area contributed by atoms with Gasteiger partial charge >= 0.3 is 0 Å². The fourth-order valence-electron chi connectivity index (χ4n) is 3.23. The number of hydrogen-bond acceptors (Lipinski definition) is 4. The molecule has 0 spiro atoms. The molecule has 4 heteroatoms. The van der Waals surface area contributed by atoms with Gasteiger partial charge in [0.1, 0.15) is 0 Å². The van der Waals surface area contributed by atoms with Crippen molar-refractivity contribution in [3.63, 3.8) is 0 Å². The fourth-order valence-corrected chi connectivity index (χ4v) is 3.23. The summed E-state index contributed by atoms with van der Waals surface area (Å²) in [5, 5.41) is 0. The van der Waals surface area contributed by atoms with E-state index in [4.69, 9.17) is 5.73 Å². The van der Waals surface area contributed by atoms with Gasteiger partial charge in [-0.3, -0.25) is 14.8 Å². The van der Waals surface area contributed by atoms with E-state index in [2.05, 4.69) is 33.8 Å². The van der Waals surface area contributed by atoms with Gasteiger partial charge in [-0.2, -0.15) is 0 Å². The molecule has 2 fully saturated rings.